The van der Waals surface area contributed by atoms with Crippen molar-refractivity contribution in [2.75, 3.05) is 25.1 Å². The molecule has 178 valence electrons. The molecule has 3 aromatic rings. The van der Waals surface area contributed by atoms with Gasteiger partial charge in [-0.2, -0.15) is 0 Å². The molecule has 0 radical (unpaired) electrons. The number of rotatable bonds is 5. The largest absolute Gasteiger partial charge is 0.376 e. The molecule has 0 unspecified atom stereocenters. The zero-order chi connectivity index (χ0) is 24.0. The Kier molecular flexibility index (Phi) is 5.51. The van der Waals surface area contributed by atoms with Crippen molar-refractivity contribution in [3.05, 3.63) is 63.5 Å². The number of carbonyl (C=O) groups excluding carboxylic acids is 1. The number of halogens is 3. The van der Waals surface area contributed by atoms with E-state index in [4.69, 9.17) is 4.74 Å². The first kappa shape index (κ1) is 22.3. The number of hydrogen-bond acceptors (Lipinski definition) is 6. The van der Waals surface area contributed by atoms with Gasteiger partial charge in [-0.3, -0.25) is 14.2 Å². The second kappa shape index (κ2) is 8.39. The van der Waals surface area contributed by atoms with Crippen LogP contribution in [-0.4, -0.2) is 50.6 Å². The van der Waals surface area contributed by atoms with Crippen LogP contribution in [0.2, 0.25) is 0 Å². The number of aryl methyl sites for hydroxylation is 1. The van der Waals surface area contributed by atoms with Crippen LogP contribution in [0.1, 0.15) is 40.8 Å². The van der Waals surface area contributed by atoms with Gasteiger partial charge in [0.05, 0.1) is 29.7 Å². The van der Waals surface area contributed by atoms with Gasteiger partial charge in [-0.15, -0.1) is 0 Å². The highest BCUT2D eigenvalue weighted by Crippen LogP contribution is 2.36. The van der Waals surface area contributed by atoms with E-state index in [-0.39, 0.29) is 40.6 Å². The molecule has 2 aromatic heterocycles. The number of hydrogen-bond donors (Lipinski definition) is 1. The average Bonchev–Trinajstić information content (AvgIpc) is 3.26. The number of nitrogens with one attached hydrogen (secondary N) is 1. The summed E-state index contributed by atoms with van der Waals surface area (Å²) < 4.78 is 47.1. The maximum absolute atomic E-state index is 14.5. The van der Waals surface area contributed by atoms with E-state index >= 15 is 0 Å². The van der Waals surface area contributed by atoms with Crippen LogP contribution in [0.4, 0.5) is 19.0 Å². The standard InChI is InChI=1S/C23H22F3N5O3/c1-30-20-15(8-16(21(30)32)22(33)31-7-3-6-23(31)10-34-11-23)19(28-12-29-20)27-9-13-4-2-5-14(17(13)24)18(25)26/h2,4-5,8,12,18H,3,6-7,9-11H2,1H3,(H,27,28,29). The number of nitrogens with zero attached hydrogens (tertiary/aromatic N) is 4. The molecule has 5 rings (SSSR count). The number of alkyl halides is 2. The quantitative estimate of drug-likeness (QED) is 0.613. The molecule has 1 aromatic carbocycles. The molecule has 2 fully saturated rings. The van der Waals surface area contributed by atoms with E-state index in [1.165, 1.54) is 36.1 Å². The molecular formula is C23H22F3N5O3. The van der Waals surface area contributed by atoms with Crippen molar-refractivity contribution in [1.29, 1.82) is 0 Å². The summed E-state index contributed by atoms with van der Waals surface area (Å²) in [5, 5.41) is 3.32. The van der Waals surface area contributed by atoms with E-state index in [9.17, 15) is 22.8 Å². The molecule has 2 aliphatic heterocycles. The SMILES string of the molecule is Cn1c(=O)c(C(=O)N2CCCC23COC3)cc2c(NCc3cccc(C(F)F)c3F)ncnc21. The normalized spacial score (nSPS) is 16.9. The third kappa shape index (κ3) is 3.51. The summed E-state index contributed by atoms with van der Waals surface area (Å²) in [6, 6.07) is 5.24. The molecule has 11 heteroatoms. The summed E-state index contributed by atoms with van der Waals surface area (Å²) in [6.07, 6.45) is -0.0370. The molecule has 4 heterocycles. The second-order valence-corrected chi connectivity index (χ2v) is 8.63. The summed E-state index contributed by atoms with van der Waals surface area (Å²) in [6.45, 7) is 1.31. The van der Waals surface area contributed by atoms with E-state index in [1.54, 1.807) is 4.90 Å². The van der Waals surface area contributed by atoms with E-state index < -0.39 is 23.4 Å². The zero-order valence-corrected chi connectivity index (χ0v) is 18.4. The summed E-state index contributed by atoms with van der Waals surface area (Å²) in [7, 11) is 1.51. The van der Waals surface area contributed by atoms with Gasteiger partial charge in [-0.25, -0.2) is 23.1 Å². The zero-order valence-electron chi connectivity index (χ0n) is 18.4. The van der Waals surface area contributed by atoms with Gasteiger partial charge in [-0.1, -0.05) is 18.2 Å². The van der Waals surface area contributed by atoms with Gasteiger partial charge < -0.3 is 15.0 Å². The first-order valence-electron chi connectivity index (χ1n) is 10.9. The molecule has 0 aliphatic carbocycles. The Morgan fingerprint density at radius 1 is 1.29 bits per heavy atom. The van der Waals surface area contributed by atoms with Crippen molar-refractivity contribution in [1.82, 2.24) is 19.4 Å². The average molecular weight is 473 g/mol. The van der Waals surface area contributed by atoms with Crippen LogP contribution in [0, 0.1) is 5.82 Å². The summed E-state index contributed by atoms with van der Waals surface area (Å²) >= 11 is 0. The first-order valence-corrected chi connectivity index (χ1v) is 10.9. The molecule has 0 bridgehead atoms. The molecule has 1 amide bonds. The third-order valence-electron chi connectivity index (χ3n) is 6.61. The highest BCUT2D eigenvalue weighted by atomic mass is 19.3. The Balaban J connectivity index is 1.51. The summed E-state index contributed by atoms with van der Waals surface area (Å²) in [5.41, 5.74) is -1.23. The molecule has 34 heavy (non-hydrogen) atoms. The van der Waals surface area contributed by atoms with Gasteiger partial charge >= 0.3 is 0 Å². The second-order valence-electron chi connectivity index (χ2n) is 8.63. The Morgan fingerprint density at radius 2 is 2.09 bits per heavy atom. The van der Waals surface area contributed by atoms with E-state index in [1.807, 2.05) is 0 Å². The van der Waals surface area contributed by atoms with Gasteiger partial charge in [0.2, 0.25) is 0 Å². The number of pyridine rings is 1. The molecule has 2 aliphatic rings. The number of aromatic nitrogens is 3. The summed E-state index contributed by atoms with van der Waals surface area (Å²) in [5.74, 6) is -1.12. The highest BCUT2D eigenvalue weighted by molar-refractivity contribution is 5.99. The van der Waals surface area contributed by atoms with Crippen LogP contribution in [0.5, 0.6) is 0 Å². The van der Waals surface area contributed by atoms with Crippen LogP contribution < -0.4 is 10.9 Å². The minimum Gasteiger partial charge on any atom is -0.376 e. The van der Waals surface area contributed by atoms with Crippen molar-refractivity contribution in [2.24, 2.45) is 7.05 Å². The number of fused-ring (bicyclic) bond motifs is 1. The fraction of sp³-hybridized carbons (Fsp3) is 0.391. The van der Waals surface area contributed by atoms with Crippen molar-refractivity contribution in [3.8, 4) is 0 Å². The predicted molar refractivity (Wildman–Crippen MR) is 117 cm³/mol. The lowest BCUT2D eigenvalue weighted by atomic mass is 9.93. The van der Waals surface area contributed by atoms with Crippen molar-refractivity contribution < 1.29 is 22.7 Å². The van der Waals surface area contributed by atoms with Crippen molar-refractivity contribution in [2.45, 2.75) is 31.4 Å². The van der Waals surface area contributed by atoms with Crippen molar-refractivity contribution in [3.63, 3.8) is 0 Å². The van der Waals surface area contributed by atoms with E-state index in [0.717, 1.165) is 18.9 Å². The number of likely N-dealkylation sites (tertiary alicyclic amines) is 1. The number of carbonyl (C=O) groups is 1. The van der Waals surface area contributed by atoms with Gasteiger partial charge in [0.25, 0.3) is 17.9 Å². The maximum atomic E-state index is 14.5. The summed E-state index contributed by atoms with van der Waals surface area (Å²) in [4.78, 5) is 36.5. The maximum Gasteiger partial charge on any atom is 0.266 e. The van der Waals surface area contributed by atoms with Crippen LogP contribution in [0.15, 0.2) is 35.4 Å². The van der Waals surface area contributed by atoms with E-state index in [0.29, 0.717) is 25.1 Å². The molecule has 1 spiro atoms. The van der Waals surface area contributed by atoms with Gasteiger partial charge in [-0.05, 0) is 18.9 Å². The molecule has 8 nitrogen and oxygen atoms in total. The number of amides is 1. The number of ether oxygens (including phenoxy) is 1. The number of benzene rings is 1. The van der Waals surface area contributed by atoms with Crippen LogP contribution in [-0.2, 0) is 18.3 Å². The molecule has 2 saturated heterocycles. The molecule has 0 atom stereocenters. The van der Waals surface area contributed by atoms with Gasteiger partial charge in [0.15, 0.2) is 0 Å². The Bertz CT molecular complexity index is 1340. The Morgan fingerprint density at radius 3 is 2.79 bits per heavy atom. The Labute approximate surface area is 192 Å². The van der Waals surface area contributed by atoms with Crippen molar-refractivity contribution >= 4 is 22.8 Å². The van der Waals surface area contributed by atoms with Crippen LogP contribution >= 0.6 is 0 Å². The van der Waals surface area contributed by atoms with Crippen LogP contribution in [0.3, 0.4) is 0 Å². The van der Waals surface area contributed by atoms with Gasteiger partial charge in [0, 0.05) is 25.7 Å². The monoisotopic (exact) mass is 473 g/mol. The Hall–Kier alpha value is -3.47. The minimum atomic E-state index is -2.93. The lowest BCUT2D eigenvalue weighted by Gasteiger charge is -2.45. The smallest absolute Gasteiger partial charge is 0.266 e. The first-order chi connectivity index (χ1) is 16.3. The van der Waals surface area contributed by atoms with Gasteiger partial charge in [0.1, 0.15) is 29.2 Å². The lowest BCUT2D eigenvalue weighted by molar-refractivity contribution is -0.109. The van der Waals surface area contributed by atoms with E-state index in [2.05, 4.69) is 15.3 Å². The molecule has 0 saturated carbocycles. The van der Waals surface area contributed by atoms with Crippen LogP contribution in [0.25, 0.3) is 11.0 Å². The molecule has 1 N–H and O–H groups in total. The lowest BCUT2D eigenvalue weighted by Crippen LogP contribution is -2.60. The predicted octanol–water partition coefficient (Wildman–Crippen LogP) is 3.02. The topological polar surface area (TPSA) is 89.4 Å². The third-order valence-corrected chi connectivity index (χ3v) is 6.61. The highest BCUT2D eigenvalue weighted by Gasteiger charge is 2.49. The number of anilines is 1. The molecular weight excluding hydrogens is 451 g/mol. The fourth-order valence-electron chi connectivity index (χ4n) is 4.69. The minimum absolute atomic E-state index is 0.0214. The fourth-order valence-corrected chi connectivity index (χ4v) is 4.69.